The third-order valence-corrected chi connectivity index (χ3v) is 3.50. The zero-order valence-electron chi connectivity index (χ0n) is 7.59. The Balaban J connectivity index is 1.74. The summed E-state index contributed by atoms with van der Waals surface area (Å²) < 4.78 is 1.88. The Bertz CT molecular complexity index is 285. The van der Waals surface area contributed by atoms with Crippen molar-refractivity contribution in [3.63, 3.8) is 0 Å². The fraction of sp³-hybridized carbons (Fsp3) is 0.875. The average molecular weight is 179 g/mol. The standard InChI is InChI=1S/C8H13N5/c1-5(13-4-10-11-12-13)8-6-2-9-3-7(6)8/h4-9H,2-3H2,1H3/t5?,6-,7+,8?. The van der Waals surface area contributed by atoms with E-state index in [1.807, 2.05) is 4.68 Å². The van der Waals surface area contributed by atoms with E-state index in [1.54, 1.807) is 6.33 Å². The van der Waals surface area contributed by atoms with Gasteiger partial charge in [0.25, 0.3) is 0 Å². The molecule has 0 bridgehead atoms. The number of hydrogen-bond donors (Lipinski definition) is 1. The Hall–Kier alpha value is -0.970. The molecule has 2 aliphatic rings. The van der Waals surface area contributed by atoms with Crippen molar-refractivity contribution in [1.29, 1.82) is 0 Å². The van der Waals surface area contributed by atoms with Crippen LogP contribution in [0.3, 0.4) is 0 Å². The van der Waals surface area contributed by atoms with Crippen molar-refractivity contribution >= 4 is 0 Å². The van der Waals surface area contributed by atoms with Gasteiger partial charge in [-0.25, -0.2) is 4.68 Å². The molecule has 2 heterocycles. The first-order chi connectivity index (χ1) is 6.38. The van der Waals surface area contributed by atoms with Crippen LogP contribution in [-0.2, 0) is 0 Å². The number of tetrazole rings is 1. The van der Waals surface area contributed by atoms with E-state index in [0.717, 1.165) is 17.8 Å². The predicted octanol–water partition coefficient (Wildman–Crippen LogP) is -0.301. The summed E-state index contributed by atoms with van der Waals surface area (Å²) >= 11 is 0. The third kappa shape index (κ3) is 0.997. The maximum atomic E-state index is 3.94. The minimum absolute atomic E-state index is 0.465. The molecule has 1 aromatic rings. The molecule has 0 spiro atoms. The minimum atomic E-state index is 0.465. The fourth-order valence-corrected chi connectivity index (χ4v) is 2.71. The van der Waals surface area contributed by atoms with Gasteiger partial charge in [-0.3, -0.25) is 0 Å². The molecule has 2 unspecified atom stereocenters. The van der Waals surface area contributed by atoms with Crippen molar-refractivity contribution in [2.24, 2.45) is 17.8 Å². The number of rotatable bonds is 2. The van der Waals surface area contributed by atoms with E-state index >= 15 is 0 Å². The molecule has 4 atom stereocenters. The maximum Gasteiger partial charge on any atom is 0.138 e. The summed E-state index contributed by atoms with van der Waals surface area (Å²) in [5, 5.41) is 14.7. The van der Waals surface area contributed by atoms with E-state index in [9.17, 15) is 0 Å². The molecule has 1 aliphatic heterocycles. The molecule has 70 valence electrons. The largest absolute Gasteiger partial charge is 0.316 e. The number of piperidine rings is 1. The van der Waals surface area contributed by atoms with E-state index in [4.69, 9.17) is 0 Å². The summed E-state index contributed by atoms with van der Waals surface area (Å²) in [6, 6.07) is 0.465. The Morgan fingerprint density at radius 3 is 2.85 bits per heavy atom. The SMILES string of the molecule is CC(C1[C@H]2CNC[C@@H]12)n1cnnn1. The first-order valence-electron chi connectivity index (χ1n) is 4.81. The predicted molar refractivity (Wildman–Crippen MR) is 45.9 cm³/mol. The summed E-state index contributed by atoms with van der Waals surface area (Å²) in [6.45, 7) is 4.57. The molecule has 5 heteroatoms. The zero-order valence-corrected chi connectivity index (χ0v) is 7.59. The van der Waals surface area contributed by atoms with Crippen molar-refractivity contribution in [2.45, 2.75) is 13.0 Å². The van der Waals surface area contributed by atoms with Gasteiger partial charge in [-0.15, -0.1) is 5.10 Å². The lowest BCUT2D eigenvalue weighted by molar-refractivity contribution is 0.380. The van der Waals surface area contributed by atoms with Gasteiger partial charge in [0.05, 0.1) is 6.04 Å². The highest BCUT2D eigenvalue weighted by molar-refractivity contribution is 5.06. The van der Waals surface area contributed by atoms with Crippen LogP contribution in [0.5, 0.6) is 0 Å². The highest BCUT2D eigenvalue weighted by atomic mass is 15.5. The topological polar surface area (TPSA) is 55.6 Å². The van der Waals surface area contributed by atoms with Crippen LogP contribution in [0.25, 0.3) is 0 Å². The van der Waals surface area contributed by atoms with Gasteiger partial charge in [0, 0.05) is 0 Å². The third-order valence-electron chi connectivity index (χ3n) is 3.50. The van der Waals surface area contributed by atoms with E-state index < -0.39 is 0 Å². The van der Waals surface area contributed by atoms with Crippen LogP contribution in [0.15, 0.2) is 6.33 Å². The van der Waals surface area contributed by atoms with E-state index in [2.05, 4.69) is 27.8 Å². The van der Waals surface area contributed by atoms with Crippen LogP contribution < -0.4 is 5.32 Å². The average Bonchev–Trinajstić information content (AvgIpc) is 2.68. The van der Waals surface area contributed by atoms with E-state index in [1.165, 1.54) is 13.1 Å². The summed E-state index contributed by atoms with van der Waals surface area (Å²) in [4.78, 5) is 0. The number of nitrogens with zero attached hydrogens (tertiary/aromatic N) is 4. The molecule has 0 aromatic carbocycles. The first-order valence-corrected chi connectivity index (χ1v) is 4.81. The molecule has 1 aliphatic carbocycles. The molecule has 1 saturated heterocycles. The van der Waals surface area contributed by atoms with Gasteiger partial charge >= 0.3 is 0 Å². The smallest absolute Gasteiger partial charge is 0.138 e. The molecule has 0 radical (unpaired) electrons. The molecule has 3 rings (SSSR count). The van der Waals surface area contributed by atoms with Gasteiger partial charge in [-0.1, -0.05) is 0 Å². The van der Waals surface area contributed by atoms with Crippen LogP contribution in [0.4, 0.5) is 0 Å². The van der Waals surface area contributed by atoms with Crippen LogP contribution in [0, 0.1) is 17.8 Å². The van der Waals surface area contributed by atoms with Crippen LogP contribution in [-0.4, -0.2) is 33.3 Å². The van der Waals surface area contributed by atoms with Gasteiger partial charge in [-0.05, 0) is 48.2 Å². The van der Waals surface area contributed by atoms with Crippen molar-refractivity contribution in [1.82, 2.24) is 25.5 Å². The van der Waals surface area contributed by atoms with Crippen molar-refractivity contribution in [2.75, 3.05) is 13.1 Å². The minimum Gasteiger partial charge on any atom is -0.316 e. The lowest BCUT2D eigenvalue weighted by Gasteiger charge is -2.12. The normalized spacial score (nSPS) is 38.7. The summed E-state index contributed by atoms with van der Waals surface area (Å²) in [5.74, 6) is 2.54. The molecule has 1 N–H and O–H groups in total. The van der Waals surface area contributed by atoms with Crippen LogP contribution in [0.2, 0.25) is 0 Å². The molecule has 1 saturated carbocycles. The quantitative estimate of drug-likeness (QED) is 0.677. The van der Waals surface area contributed by atoms with E-state index in [-0.39, 0.29) is 0 Å². The van der Waals surface area contributed by atoms with Gasteiger partial charge in [0.15, 0.2) is 0 Å². The summed E-state index contributed by atoms with van der Waals surface area (Å²) in [6.07, 6.45) is 1.71. The molecular weight excluding hydrogens is 166 g/mol. The number of aromatic nitrogens is 4. The molecule has 1 aromatic heterocycles. The van der Waals surface area contributed by atoms with Crippen molar-refractivity contribution in [3.8, 4) is 0 Å². The monoisotopic (exact) mass is 179 g/mol. The van der Waals surface area contributed by atoms with Crippen molar-refractivity contribution < 1.29 is 0 Å². The zero-order chi connectivity index (χ0) is 8.84. The van der Waals surface area contributed by atoms with Crippen molar-refractivity contribution in [3.05, 3.63) is 6.33 Å². The summed E-state index contributed by atoms with van der Waals surface area (Å²) in [7, 11) is 0. The highest BCUT2D eigenvalue weighted by Gasteiger charge is 2.55. The number of nitrogens with one attached hydrogen (secondary N) is 1. The van der Waals surface area contributed by atoms with E-state index in [0.29, 0.717) is 6.04 Å². The number of hydrogen-bond acceptors (Lipinski definition) is 4. The number of fused-ring (bicyclic) bond motifs is 1. The second-order valence-electron chi connectivity index (χ2n) is 4.09. The lowest BCUT2D eigenvalue weighted by Crippen LogP contribution is -2.20. The summed E-state index contributed by atoms with van der Waals surface area (Å²) in [5.41, 5.74) is 0. The van der Waals surface area contributed by atoms with Gasteiger partial charge in [0.1, 0.15) is 6.33 Å². The van der Waals surface area contributed by atoms with Gasteiger partial charge < -0.3 is 5.32 Å². The molecule has 13 heavy (non-hydrogen) atoms. The van der Waals surface area contributed by atoms with Gasteiger partial charge in [0.2, 0.25) is 0 Å². The second kappa shape index (κ2) is 2.51. The Kier molecular flexibility index (Phi) is 1.44. The highest BCUT2D eigenvalue weighted by Crippen LogP contribution is 2.54. The molecule has 2 fully saturated rings. The van der Waals surface area contributed by atoms with Gasteiger partial charge in [-0.2, -0.15) is 0 Å². The fourth-order valence-electron chi connectivity index (χ4n) is 2.71. The lowest BCUT2D eigenvalue weighted by atomic mass is 10.1. The molecule has 0 amide bonds. The molecule has 5 nitrogen and oxygen atoms in total. The Morgan fingerprint density at radius 1 is 1.46 bits per heavy atom. The Morgan fingerprint density at radius 2 is 2.23 bits per heavy atom. The molecular formula is C8H13N5. The van der Waals surface area contributed by atoms with Crippen LogP contribution in [0.1, 0.15) is 13.0 Å². The van der Waals surface area contributed by atoms with Crippen LogP contribution >= 0.6 is 0 Å². The first kappa shape index (κ1) is 7.44. The Labute approximate surface area is 76.5 Å². The maximum absolute atomic E-state index is 3.94. The second-order valence-corrected chi connectivity index (χ2v) is 4.09.